The molecule has 0 N–H and O–H groups in total. The fraction of sp³-hybridized carbons (Fsp3) is 0.636. The van der Waals surface area contributed by atoms with Crippen LogP contribution in [0.1, 0.15) is 39.5 Å². The lowest BCUT2D eigenvalue weighted by molar-refractivity contribution is 0.609. The van der Waals surface area contributed by atoms with Gasteiger partial charge in [-0.1, -0.05) is 22.8 Å². The molecule has 0 aromatic heterocycles. The fourth-order valence-corrected chi connectivity index (χ4v) is 2.30. The van der Waals surface area contributed by atoms with Gasteiger partial charge in [-0.3, -0.25) is 0 Å². The minimum absolute atomic E-state index is 0.929. The highest BCUT2D eigenvalue weighted by Gasteiger charge is 2.23. The summed E-state index contributed by atoms with van der Waals surface area (Å²) in [5, 5.41) is 0. The molecule has 0 aromatic rings. The van der Waals surface area contributed by atoms with Crippen molar-refractivity contribution >= 4 is 0 Å². The molecule has 0 saturated heterocycles. The zero-order chi connectivity index (χ0) is 7.84. The molecule has 0 heteroatoms. The van der Waals surface area contributed by atoms with Gasteiger partial charge in [-0.25, -0.2) is 0 Å². The zero-order valence-corrected chi connectivity index (χ0v) is 7.48. The Bertz CT molecular complexity index is 230. The Morgan fingerprint density at radius 3 is 3.00 bits per heavy atom. The molecule has 1 atom stereocenters. The van der Waals surface area contributed by atoms with Crippen LogP contribution in [-0.4, -0.2) is 0 Å². The quantitative estimate of drug-likeness (QED) is 0.493. The summed E-state index contributed by atoms with van der Waals surface area (Å²) >= 11 is 0. The predicted molar refractivity (Wildman–Crippen MR) is 48.4 cm³/mol. The van der Waals surface area contributed by atoms with Crippen molar-refractivity contribution in [2.75, 3.05) is 0 Å². The van der Waals surface area contributed by atoms with Gasteiger partial charge in [0.15, 0.2) is 0 Å². The van der Waals surface area contributed by atoms with E-state index in [-0.39, 0.29) is 0 Å². The van der Waals surface area contributed by atoms with Gasteiger partial charge in [0.05, 0.1) is 0 Å². The monoisotopic (exact) mass is 148 g/mol. The third-order valence-corrected chi connectivity index (χ3v) is 3.17. The van der Waals surface area contributed by atoms with E-state index in [1.807, 2.05) is 0 Å². The van der Waals surface area contributed by atoms with Gasteiger partial charge in [-0.15, -0.1) is 0 Å². The molecule has 1 fully saturated rings. The molecule has 0 aromatic carbocycles. The van der Waals surface area contributed by atoms with Gasteiger partial charge in [0.2, 0.25) is 0 Å². The summed E-state index contributed by atoms with van der Waals surface area (Å²) in [5.41, 5.74) is 4.87. The molecule has 0 spiro atoms. The van der Waals surface area contributed by atoms with Crippen LogP contribution in [-0.2, 0) is 0 Å². The van der Waals surface area contributed by atoms with Crippen molar-refractivity contribution in [1.29, 1.82) is 0 Å². The van der Waals surface area contributed by atoms with Crippen LogP contribution in [0.15, 0.2) is 22.8 Å². The molecule has 1 saturated carbocycles. The Hall–Kier alpha value is -0.520. The lowest BCUT2D eigenvalue weighted by atomic mass is 9.87. The minimum atomic E-state index is 0.929. The van der Waals surface area contributed by atoms with E-state index in [1.165, 1.54) is 31.3 Å². The van der Waals surface area contributed by atoms with E-state index < -0.39 is 0 Å². The van der Waals surface area contributed by atoms with Crippen molar-refractivity contribution in [3.8, 4) is 0 Å². The van der Waals surface area contributed by atoms with E-state index in [2.05, 4.69) is 19.9 Å². The molecule has 0 radical (unpaired) electrons. The first-order valence-corrected chi connectivity index (χ1v) is 4.64. The molecular formula is C11H16. The van der Waals surface area contributed by atoms with Crippen LogP contribution in [0.4, 0.5) is 0 Å². The molecule has 2 rings (SSSR count). The van der Waals surface area contributed by atoms with Gasteiger partial charge >= 0.3 is 0 Å². The fourth-order valence-electron chi connectivity index (χ4n) is 2.30. The summed E-state index contributed by atoms with van der Waals surface area (Å²) in [6, 6.07) is 0. The third kappa shape index (κ3) is 1.15. The first-order valence-electron chi connectivity index (χ1n) is 4.64. The number of rotatable bonds is 0. The smallest absolute Gasteiger partial charge is 0.0163 e. The summed E-state index contributed by atoms with van der Waals surface area (Å²) in [5.74, 6) is 0.929. The van der Waals surface area contributed by atoms with E-state index in [1.54, 1.807) is 11.1 Å². The second kappa shape index (κ2) is 2.51. The Labute approximate surface area is 69.0 Å². The number of hydrogen-bond donors (Lipinski definition) is 0. The molecule has 60 valence electrons. The molecule has 11 heavy (non-hydrogen) atoms. The summed E-state index contributed by atoms with van der Waals surface area (Å²) in [6.07, 6.45) is 8.01. The highest BCUT2D eigenvalue weighted by molar-refractivity contribution is 5.34. The lowest BCUT2D eigenvalue weighted by Gasteiger charge is -2.19. The van der Waals surface area contributed by atoms with Crippen molar-refractivity contribution in [2.45, 2.75) is 39.5 Å². The number of fused-ring (bicyclic) bond motifs is 1. The Morgan fingerprint density at radius 2 is 2.18 bits per heavy atom. The Kier molecular flexibility index (Phi) is 1.63. The average molecular weight is 148 g/mol. The zero-order valence-electron chi connectivity index (χ0n) is 7.48. The van der Waals surface area contributed by atoms with Crippen LogP contribution in [0.5, 0.6) is 0 Å². The summed E-state index contributed by atoms with van der Waals surface area (Å²) < 4.78 is 0. The first kappa shape index (κ1) is 7.15. The van der Waals surface area contributed by atoms with E-state index >= 15 is 0 Å². The van der Waals surface area contributed by atoms with Gasteiger partial charge in [0, 0.05) is 0 Å². The molecule has 0 aliphatic heterocycles. The summed E-state index contributed by atoms with van der Waals surface area (Å²) in [7, 11) is 0. The van der Waals surface area contributed by atoms with E-state index in [9.17, 15) is 0 Å². The minimum Gasteiger partial charge on any atom is -0.0698 e. The van der Waals surface area contributed by atoms with E-state index in [0.29, 0.717) is 0 Å². The van der Waals surface area contributed by atoms with Crippen molar-refractivity contribution in [3.05, 3.63) is 22.8 Å². The molecule has 2 aliphatic carbocycles. The van der Waals surface area contributed by atoms with Gasteiger partial charge < -0.3 is 0 Å². The van der Waals surface area contributed by atoms with E-state index in [4.69, 9.17) is 0 Å². The predicted octanol–water partition coefficient (Wildman–Crippen LogP) is 3.45. The molecule has 0 nitrogen and oxygen atoms in total. The topological polar surface area (TPSA) is 0 Å². The van der Waals surface area contributed by atoms with E-state index in [0.717, 1.165) is 5.92 Å². The average Bonchev–Trinajstić information content (AvgIpc) is 2.36. The number of hydrogen-bond acceptors (Lipinski definition) is 0. The SMILES string of the molecule is CC1=C(C)CC2CCCC2=C1. The third-order valence-electron chi connectivity index (χ3n) is 3.17. The summed E-state index contributed by atoms with van der Waals surface area (Å²) in [6.45, 7) is 4.53. The maximum atomic E-state index is 2.43. The molecule has 0 bridgehead atoms. The van der Waals surface area contributed by atoms with Crippen LogP contribution in [0, 0.1) is 5.92 Å². The molecule has 2 aliphatic rings. The van der Waals surface area contributed by atoms with Crippen LogP contribution in [0.25, 0.3) is 0 Å². The summed E-state index contributed by atoms with van der Waals surface area (Å²) in [4.78, 5) is 0. The molecular weight excluding hydrogens is 132 g/mol. The Balaban J connectivity index is 2.29. The van der Waals surface area contributed by atoms with Crippen molar-refractivity contribution in [3.63, 3.8) is 0 Å². The van der Waals surface area contributed by atoms with Crippen LogP contribution < -0.4 is 0 Å². The maximum Gasteiger partial charge on any atom is -0.0163 e. The molecule has 0 amide bonds. The van der Waals surface area contributed by atoms with Crippen LogP contribution in [0.3, 0.4) is 0 Å². The Morgan fingerprint density at radius 1 is 1.36 bits per heavy atom. The largest absolute Gasteiger partial charge is 0.0698 e. The van der Waals surface area contributed by atoms with Crippen molar-refractivity contribution in [2.24, 2.45) is 5.92 Å². The number of allylic oxidation sites excluding steroid dienone is 4. The van der Waals surface area contributed by atoms with Crippen molar-refractivity contribution < 1.29 is 0 Å². The van der Waals surface area contributed by atoms with Gasteiger partial charge in [-0.2, -0.15) is 0 Å². The van der Waals surface area contributed by atoms with Crippen molar-refractivity contribution in [1.82, 2.24) is 0 Å². The van der Waals surface area contributed by atoms with Crippen LogP contribution in [0.2, 0.25) is 0 Å². The molecule has 0 heterocycles. The molecule has 1 unspecified atom stereocenters. The van der Waals surface area contributed by atoms with Gasteiger partial charge in [0.1, 0.15) is 0 Å². The second-order valence-corrected chi connectivity index (χ2v) is 3.98. The highest BCUT2D eigenvalue weighted by Crippen LogP contribution is 2.39. The van der Waals surface area contributed by atoms with Crippen LogP contribution >= 0.6 is 0 Å². The second-order valence-electron chi connectivity index (χ2n) is 3.98. The highest BCUT2D eigenvalue weighted by atomic mass is 14.3. The standard InChI is InChI=1S/C11H16/c1-8-6-10-4-3-5-11(10)7-9(8)2/h6,11H,3-5,7H2,1-2H3. The maximum absolute atomic E-state index is 2.43. The van der Waals surface area contributed by atoms with Gasteiger partial charge in [-0.05, 0) is 45.4 Å². The lowest BCUT2D eigenvalue weighted by Crippen LogP contribution is -2.03. The first-order chi connectivity index (χ1) is 5.27. The normalized spacial score (nSPS) is 30.4. The van der Waals surface area contributed by atoms with Gasteiger partial charge in [0.25, 0.3) is 0 Å².